The lowest BCUT2D eigenvalue weighted by Gasteiger charge is -2.27. The van der Waals surface area contributed by atoms with Crippen molar-refractivity contribution in [3.63, 3.8) is 0 Å². The van der Waals surface area contributed by atoms with Gasteiger partial charge in [-0.05, 0) is 30.4 Å². The van der Waals surface area contributed by atoms with Crippen molar-refractivity contribution < 1.29 is 9.59 Å². The Hall–Kier alpha value is -2.70. The molecule has 3 aliphatic rings. The number of H-pyrrole nitrogens is 1. The van der Waals surface area contributed by atoms with Crippen LogP contribution in [0.1, 0.15) is 40.5 Å². The van der Waals surface area contributed by atoms with E-state index in [9.17, 15) is 9.59 Å². The van der Waals surface area contributed by atoms with Gasteiger partial charge in [0.2, 0.25) is 11.7 Å². The highest BCUT2D eigenvalue weighted by molar-refractivity contribution is 5.91. The molecule has 2 fully saturated rings. The molecule has 2 amide bonds. The molecule has 7 nitrogen and oxygen atoms in total. The number of fused-ring (bicyclic) bond motifs is 2. The molecule has 3 heterocycles. The Bertz CT molecular complexity index is 849. The maximum atomic E-state index is 13.3. The molecule has 0 spiro atoms. The average molecular weight is 351 g/mol. The maximum Gasteiger partial charge on any atom is 0.291 e. The van der Waals surface area contributed by atoms with E-state index in [4.69, 9.17) is 0 Å². The standard InChI is InChI=1S/C19H21N5O2/c25-18(15-6-5-12-3-1-2-4-14(12)15)24-8-7-13-9-23(10-16(13)24)19(26)17-20-11-21-22-17/h1-4,11,13,15-16H,5-10H2,(H,20,21,22)/t13-,15+,16+/m0/s1. The minimum atomic E-state index is -0.129. The number of amides is 2. The highest BCUT2D eigenvalue weighted by Crippen LogP contribution is 2.38. The van der Waals surface area contributed by atoms with Gasteiger partial charge in [-0.15, -0.1) is 0 Å². The van der Waals surface area contributed by atoms with E-state index in [2.05, 4.69) is 27.3 Å². The summed E-state index contributed by atoms with van der Waals surface area (Å²) in [7, 11) is 0. The molecule has 0 unspecified atom stereocenters. The quantitative estimate of drug-likeness (QED) is 0.882. The van der Waals surface area contributed by atoms with E-state index in [0.29, 0.717) is 19.0 Å². The molecule has 2 aliphatic heterocycles. The monoisotopic (exact) mass is 351 g/mol. The third kappa shape index (κ3) is 2.34. The molecular formula is C19H21N5O2. The summed E-state index contributed by atoms with van der Waals surface area (Å²) >= 11 is 0. The number of likely N-dealkylation sites (tertiary alicyclic amines) is 2. The van der Waals surface area contributed by atoms with E-state index in [1.807, 2.05) is 17.0 Å². The molecule has 2 saturated heterocycles. The Morgan fingerprint density at radius 3 is 2.88 bits per heavy atom. The number of aromatic nitrogens is 3. The molecule has 134 valence electrons. The van der Waals surface area contributed by atoms with Crippen molar-refractivity contribution in [3.05, 3.63) is 47.5 Å². The fraction of sp³-hybridized carbons (Fsp3) is 0.474. The Morgan fingerprint density at radius 2 is 2.04 bits per heavy atom. The number of hydrogen-bond donors (Lipinski definition) is 1. The lowest BCUT2D eigenvalue weighted by Crippen LogP contribution is -2.42. The van der Waals surface area contributed by atoms with Crippen LogP contribution < -0.4 is 0 Å². The molecule has 5 rings (SSSR count). The lowest BCUT2D eigenvalue weighted by atomic mass is 9.99. The number of benzene rings is 1. The second kappa shape index (κ2) is 5.93. The van der Waals surface area contributed by atoms with Crippen LogP contribution in [0.4, 0.5) is 0 Å². The van der Waals surface area contributed by atoms with E-state index in [1.54, 1.807) is 4.90 Å². The van der Waals surface area contributed by atoms with Gasteiger partial charge in [-0.3, -0.25) is 14.7 Å². The van der Waals surface area contributed by atoms with Gasteiger partial charge in [-0.25, -0.2) is 4.98 Å². The van der Waals surface area contributed by atoms with E-state index in [-0.39, 0.29) is 29.6 Å². The van der Waals surface area contributed by atoms with Crippen LogP contribution in [0.5, 0.6) is 0 Å². The summed E-state index contributed by atoms with van der Waals surface area (Å²) in [4.78, 5) is 33.6. The number of nitrogens with one attached hydrogen (secondary N) is 1. The van der Waals surface area contributed by atoms with Crippen molar-refractivity contribution in [3.8, 4) is 0 Å². The van der Waals surface area contributed by atoms with Crippen LogP contribution in [0, 0.1) is 5.92 Å². The molecule has 0 bridgehead atoms. The van der Waals surface area contributed by atoms with Gasteiger partial charge < -0.3 is 9.80 Å². The molecule has 1 aliphatic carbocycles. The Labute approximate surface area is 151 Å². The number of aromatic amines is 1. The van der Waals surface area contributed by atoms with Crippen LogP contribution in [-0.4, -0.2) is 62.5 Å². The summed E-state index contributed by atoms with van der Waals surface area (Å²) in [5.41, 5.74) is 2.49. The summed E-state index contributed by atoms with van der Waals surface area (Å²) in [5, 5.41) is 6.39. The second-order valence-electron chi connectivity index (χ2n) is 7.48. The van der Waals surface area contributed by atoms with Crippen LogP contribution >= 0.6 is 0 Å². The predicted molar refractivity (Wildman–Crippen MR) is 93.4 cm³/mol. The first-order valence-corrected chi connectivity index (χ1v) is 9.25. The topological polar surface area (TPSA) is 82.2 Å². The van der Waals surface area contributed by atoms with Gasteiger partial charge in [0.1, 0.15) is 6.33 Å². The largest absolute Gasteiger partial charge is 0.337 e. The van der Waals surface area contributed by atoms with Gasteiger partial charge in [0.15, 0.2) is 0 Å². The number of nitrogens with zero attached hydrogens (tertiary/aromatic N) is 4. The molecule has 7 heteroatoms. The Kier molecular flexibility index (Phi) is 3.55. The highest BCUT2D eigenvalue weighted by atomic mass is 16.2. The molecular weight excluding hydrogens is 330 g/mol. The number of carbonyl (C=O) groups excluding carboxylic acids is 2. The van der Waals surface area contributed by atoms with E-state index in [1.165, 1.54) is 17.5 Å². The van der Waals surface area contributed by atoms with Crippen molar-refractivity contribution in [1.29, 1.82) is 0 Å². The van der Waals surface area contributed by atoms with Crippen molar-refractivity contribution in [2.24, 2.45) is 5.92 Å². The molecule has 26 heavy (non-hydrogen) atoms. The normalized spacial score (nSPS) is 26.8. The van der Waals surface area contributed by atoms with Gasteiger partial charge in [0.25, 0.3) is 5.91 Å². The number of aryl methyl sites for hydroxylation is 1. The molecule has 3 atom stereocenters. The molecule has 1 N–H and O–H groups in total. The number of carbonyl (C=O) groups is 2. The van der Waals surface area contributed by atoms with Crippen LogP contribution in [0.2, 0.25) is 0 Å². The zero-order chi connectivity index (χ0) is 17.7. The highest BCUT2D eigenvalue weighted by Gasteiger charge is 2.47. The first-order chi connectivity index (χ1) is 12.7. The molecule has 1 aromatic carbocycles. The zero-order valence-electron chi connectivity index (χ0n) is 14.5. The van der Waals surface area contributed by atoms with E-state index >= 15 is 0 Å². The zero-order valence-corrected chi connectivity index (χ0v) is 14.5. The summed E-state index contributed by atoms with van der Waals surface area (Å²) in [6.45, 7) is 2.08. The first kappa shape index (κ1) is 15.5. The van der Waals surface area contributed by atoms with Gasteiger partial charge in [-0.2, -0.15) is 5.10 Å². The predicted octanol–water partition coefficient (Wildman–Crippen LogP) is 1.21. The van der Waals surface area contributed by atoms with Crippen LogP contribution in [0.15, 0.2) is 30.6 Å². The summed E-state index contributed by atoms with van der Waals surface area (Å²) < 4.78 is 0. The van der Waals surface area contributed by atoms with E-state index in [0.717, 1.165) is 25.8 Å². The van der Waals surface area contributed by atoms with Gasteiger partial charge >= 0.3 is 0 Å². The first-order valence-electron chi connectivity index (χ1n) is 9.25. The average Bonchev–Trinajstić information content (AvgIpc) is 3.43. The van der Waals surface area contributed by atoms with Crippen LogP contribution in [0.25, 0.3) is 0 Å². The third-order valence-electron chi connectivity index (χ3n) is 6.17. The van der Waals surface area contributed by atoms with Crippen molar-refractivity contribution in [2.75, 3.05) is 19.6 Å². The molecule has 0 saturated carbocycles. The Morgan fingerprint density at radius 1 is 1.15 bits per heavy atom. The minimum Gasteiger partial charge on any atom is -0.337 e. The van der Waals surface area contributed by atoms with E-state index < -0.39 is 0 Å². The lowest BCUT2D eigenvalue weighted by molar-refractivity contribution is -0.133. The number of hydrogen-bond acceptors (Lipinski definition) is 4. The maximum absolute atomic E-state index is 13.3. The molecule has 1 aromatic heterocycles. The van der Waals surface area contributed by atoms with Crippen molar-refractivity contribution in [2.45, 2.75) is 31.2 Å². The van der Waals surface area contributed by atoms with Crippen LogP contribution in [-0.2, 0) is 11.2 Å². The second-order valence-corrected chi connectivity index (χ2v) is 7.48. The molecule has 0 radical (unpaired) electrons. The van der Waals surface area contributed by atoms with Crippen LogP contribution in [0.3, 0.4) is 0 Å². The van der Waals surface area contributed by atoms with Gasteiger partial charge in [-0.1, -0.05) is 24.3 Å². The van der Waals surface area contributed by atoms with Gasteiger partial charge in [0.05, 0.1) is 12.0 Å². The smallest absolute Gasteiger partial charge is 0.291 e. The fourth-order valence-corrected chi connectivity index (χ4v) is 4.87. The minimum absolute atomic E-state index is 0.0241. The molecule has 2 aromatic rings. The summed E-state index contributed by atoms with van der Waals surface area (Å²) in [6, 6.07) is 8.41. The van der Waals surface area contributed by atoms with Crippen molar-refractivity contribution >= 4 is 11.8 Å². The van der Waals surface area contributed by atoms with Crippen molar-refractivity contribution in [1.82, 2.24) is 25.0 Å². The Balaban J connectivity index is 1.33. The fourth-order valence-electron chi connectivity index (χ4n) is 4.87. The number of rotatable bonds is 2. The SMILES string of the molecule is O=C(c1ncn[nH]1)N1C[C@@H]2CCN(C(=O)[C@@H]3CCc4ccccc43)[C@@H]2C1. The summed E-state index contributed by atoms with van der Waals surface area (Å²) in [5.74, 6) is 0.714. The van der Waals surface area contributed by atoms with Gasteiger partial charge in [0, 0.05) is 25.6 Å². The third-order valence-corrected chi connectivity index (χ3v) is 6.17. The summed E-state index contributed by atoms with van der Waals surface area (Å²) in [6.07, 6.45) is 4.18.